The smallest absolute Gasteiger partial charge is 0.276 e. The number of fused-ring (bicyclic) bond motifs is 1. The molecule has 0 radical (unpaired) electrons. The fourth-order valence-corrected chi connectivity index (χ4v) is 6.35. The number of β-lactam (4-membered cyclic amide) rings is 1. The number of hydrogen-bond acceptors (Lipinski definition) is 11. The first kappa shape index (κ1) is 25.4. The molecule has 3 amide bonds. The Morgan fingerprint density at radius 1 is 1.39 bits per heavy atom. The summed E-state index contributed by atoms with van der Waals surface area (Å²) in [6.07, 6.45) is 5.59. The van der Waals surface area contributed by atoms with Crippen LogP contribution in [0.15, 0.2) is 58.0 Å². The number of pyridine rings is 1. The van der Waals surface area contributed by atoms with Crippen molar-refractivity contribution in [2.75, 3.05) is 22.9 Å². The molecule has 0 aliphatic carbocycles. The number of oxime groups is 1. The molecule has 38 heavy (non-hydrogen) atoms. The molecule has 2 atom stereocenters. The van der Waals surface area contributed by atoms with Gasteiger partial charge in [-0.25, -0.2) is 9.55 Å². The zero-order valence-corrected chi connectivity index (χ0v) is 21.5. The fraction of sp³-hybridized carbons (Fsp3) is 0.261. The van der Waals surface area contributed by atoms with Crippen LogP contribution in [0.3, 0.4) is 0 Å². The van der Waals surface area contributed by atoms with Gasteiger partial charge in [0.15, 0.2) is 23.2 Å². The highest BCUT2D eigenvalue weighted by Gasteiger charge is 2.53. The Hall–Kier alpha value is -4.24. The van der Waals surface area contributed by atoms with Gasteiger partial charge in [-0.3, -0.25) is 19.3 Å². The number of aryl methyl sites for hydroxylation is 1. The van der Waals surface area contributed by atoms with Gasteiger partial charge in [0, 0.05) is 29.3 Å². The molecule has 13 nitrogen and oxygen atoms in total. The molecule has 5 rings (SSSR count). The lowest BCUT2D eigenvalue weighted by molar-refractivity contribution is -0.670. The third kappa shape index (κ3) is 4.39. The second-order valence-corrected chi connectivity index (χ2v) is 10.6. The maximum Gasteiger partial charge on any atom is 0.276 e. The van der Waals surface area contributed by atoms with Crippen LogP contribution in [0, 0.1) is 0 Å². The van der Waals surface area contributed by atoms with Gasteiger partial charge in [0.05, 0.1) is 11.7 Å². The van der Waals surface area contributed by atoms with Crippen molar-refractivity contribution in [1.82, 2.24) is 15.2 Å². The van der Waals surface area contributed by atoms with E-state index in [-0.39, 0.29) is 33.8 Å². The molecule has 0 saturated carbocycles. The number of anilines is 2. The maximum atomic E-state index is 13.1. The number of nitrogens with zero attached hydrogens (tertiary/aromatic N) is 5. The fourth-order valence-electron chi connectivity index (χ4n) is 4.50. The largest absolute Gasteiger partial charge is 0.543 e. The normalized spacial score (nSPS) is 22.6. The molecule has 15 heteroatoms. The van der Waals surface area contributed by atoms with Crippen molar-refractivity contribution in [2.24, 2.45) is 12.2 Å². The number of carboxylic acid groups (broad SMARTS) is 1. The van der Waals surface area contributed by atoms with Crippen molar-refractivity contribution in [3.63, 3.8) is 0 Å². The summed E-state index contributed by atoms with van der Waals surface area (Å²) in [7, 11) is 1.85. The van der Waals surface area contributed by atoms with Crippen LogP contribution in [-0.2, 0) is 26.2 Å². The molecule has 2 saturated heterocycles. The first-order chi connectivity index (χ1) is 18.2. The molecule has 196 valence electrons. The van der Waals surface area contributed by atoms with E-state index in [1.165, 1.54) is 23.2 Å². The van der Waals surface area contributed by atoms with Crippen molar-refractivity contribution >= 4 is 63.3 Å². The molecule has 0 spiro atoms. The Morgan fingerprint density at radius 3 is 2.84 bits per heavy atom. The second kappa shape index (κ2) is 9.90. The van der Waals surface area contributed by atoms with E-state index in [1.54, 1.807) is 4.90 Å². The summed E-state index contributed by atoms with van der Waals surface area (Å²) in [6, 6.07) is 2.58. The highest BCUT2D eigenvalue weighted by molar-refractivity contribution is 8.00. The number of aliphatic carboxylic acids is 1. The molecular formula is C23H21N7O6S2. The minimum atomic E-state index is -1.56. The van der Waals surface area contributed by atoms with E-state index in [2.05, 4.69) is 15.5 Å². The van der Waals surface area contributed by atoms with E-state index < -0.39 is 34.9 Å². The van der Waals surface area contributed by atoms with E-state index in [0.29, 0.717) is 18.5 Å². The van der Waals surface area contributed by atoms with Gasteiger partial charge in [-0.15, -0.1) is 23.1 Å². The monoisotopic (exact) mass is 555 g/mol. The number of carbonyl (C=O) groups excluding carboxylic acids is 4. The number of rotatable bonds is 6. The molecule has 2 aromatic heterocycles. The number of aromatic nitrogens is 2. The summed E-state index contributed by atoms with van der Waals surface area (Å²) >= 11 is 2.27. The number of allylic oxidation sites excluding steroid dienone is 1. The van der Waals surface area contributed by atoms with Crippen LogP contribution in [0.4, 0.5) is 10.8 Å². The molecule has 0 unspecified atom stereocenters. The van der Waals surface area contributed by atoms with Gasteiger partial charge >= 0.3 is 0 Å². The quantitative estimate of drug-likeness (QED) is 0.0952. The van der Waals surface area contributed by atoms with Gasteiger partial charge in [-0.1, -0.05) is 5.16 Å². The maximum absolute atomic E-state index is 13.1. The lowest BCUT2D eigenvalue weighted by atomic mass is 10.0. The van der Waals surface area contributed by atoms with Gasteiger partial charge in [-0.05, 0) is 24.1 Å². The first-order valence-electron chi connectivity index (χ1n) is 11.3. The third-order valence-corrected chi connectivity index (χ3v) is 8.24. The molecule has 2 aromatic rings. The highest BCUT2D eigenvalue weighted by atomic mass is 32.2. The summed E-state index contributed by atoms with van der Waals surface area (Å²) in [6.45, 7) is 0.439. The van der Waals surface area contributed by atoms with Crippen LogP contribution in [-0.4, -0.2) is 68.2 Å². The number of nitrogens with one attached hydrogen (secondary N) is 1. The minimum Gasteiger partial charge on any atom is -0.543 e. The van der Waals surface area contributed by atoms with Crippen LogP contribution < -0.4 is 25.6 Å². The number of hydrogen-bond donors (Lipinski definition) is 3. The zero-order valence-electron chi connectivity index (χ0n) is 19.9. The Balaban J connectivity index is 1.35. The molecule has 3 aliphatic rings. The number of carbonyl (C=O) groups is 4. The number of nitrogens with two attached hydrogens (primary N) is 1. The van der Waals surface area contributed by atoms with Crippen molar-refractivity contribution in [1.29, 1.82) is 0 Å². The number of thiazole rings is 1. The van der Waals surface area contributed by atoms with Crippen LogP contribution in [0.5, 0.6) is 0 Å². The molecule has 2 fully saturated rings. The molecule has 3 aliphatic heterocycles. The molecule has 4 N–H and O–H groups in total. The van der Waals surface area contributed by atoms with E-state index >= 15 is 0 Å². The van der Waals surface area contributed by atoms with E-state index in [0.717, 1.165) is 21.9 Å². The van der Waals surface area contributed by atoms with Crippen LogP contribution in [0.1, 0.15) is 12.1 Å². The lowest BCUT2D eigenvalue weighted by Gasteiger charge is -2.50. The SMILES string of the molecule is C[n+]1cccc(N2CC/C(=C\C3=C(C(=O)[O-])N4C(=O)[C@@H](NC(=O)/C(=N\O)c5csc(N)n5)[C@H]4SC3)C2=O)c1. The van der Waals surface area contributed by atoms with Crippen molar-refractivity contribution in [3.05, 3.63) is 58.5 Å². The van der Waals surface area contributed by atoms with E-state index in [9.17, 15) is 29.5 Å². The van der Waals surface area contributed by atoms with E-state index in [4.69, 9.17) is 5.73 Å². The summed E-state index contributed by atoms with van der Waals surface area (Å²) in [5, 5.41) is 27.7. The van der Waals surface area contributed by atoms with Gasteiger partial charge in [0.25, 0.3) is 17.7 Å². The molecule has 0 bridgehead atoms. The van der Waals surface area contributed by atoms with E-state index in [1.807, 2.05) is 36.1 Å². The van der Waals surface area contributed by atoms with Gasteiger partial charge in [-0.2, -0.15) is 0 Å². The van der Waals surface area contributed by atoms with Gasteiger partial charge in [0.2, 0.25) is 0 Å². The Labute approximate surface area is 223 Å². The summed E-state index contributed by atoms with van der Waals surface area (Å²) < 4.78 is 1.82. The summed E-state index contributed by atoms with van der Waals surface area (Å²) in [5.74, 6) is -3.17. The van der Waals surface area contributed by atoms with Crippen molar-refractivity contribution < 1.29 is 34.1 Å². The first-order valence-corrected chi connectivity index (χ1v) is 13.2. The van der Waals surface area contributed by atoms with Crippen molar-refractivity contribution in [3.8, 4) is 0 Å². The Kier molecular flexibility index (Phi) is 6.62. The van der Waals surface area contributed by atoms with Gasteiger partial charge in [0.1, 0.15) is 29.8 Å². The zero-order chi connectivity index (χ0) is 27.1. The van der Waals surface area contributed by atoms with Crippen LogP contribution in [0.25, 0.3) is 0 Å². The standard InChI is InChI=1S/C23H21N7O6S2/c1-28-5-2-3-13(8-28)29-6-4-11(19(29)32)7-12-9-37-21-16(20(33)30(21)17(12)22(34)35)26-18(31)15(27-36)14-10-38-23(24)25-14/h2-3,5,7-8,10,16,21H,4,6,9H2,1H3,(H4-,24,25,26,31,34,35,36)/b11-7+/t16-,21-/m1/s1. The molecule has 5 heterocycles. The topological polar surface area (TPSA) is 185 Å². The van der Waals surface area contributed by atoms with Crippen LogP contribution in [0.2, 0.25) is 0 Å². The average molecular weight is 556 g/mol. The Bertz CT molecular complexity index is 1470. The summed E-state index contributed by atoms with van der Waals surface area (Å²) in [5.41, 5.74) is 6.27. The Morgan fingerprint density at radius 2 is 2.18 bits per heavy atom. The van der Waals surface area contributed by atoms with Gasteiger partial charge < -0.3 is 31.1 Å². The predicted octanol–water partition coefficient (Wildman–Crippen LogP) is -1.50. The number of carboxylic acids is 1. The van der Waals surface area contributed by atoms with Crippen LogP contribution >= 0.6 is 23.1 Å². The highest BCUT2D eigenvalue weighted by Crippen LogP contribution is 2.41. The minimum absolute atomic E-state index is 0.0381. The lowest BCUT2D eigenvalue weighted by Crippen LogP contribution is -2.71. The summed E-state index contributed by atoms with van der Waals surface area (Å²) in [4.78, 5) is 57.3. The van der Waals surface area contributed by atoms with Crippen molar-refractivity contribution in [2.45, 2.75) is 17.8 Å². The number of amides is 3. The second-order valence-electron chi connectivity index (χ2n) is 8.65. The molecular weight excluding hydrogens is 534 g/mol. The predicted molar refractivity (Wildman–Crippen MR) is 135 cm³/mol. The molecule has 0 aromatic carbocycles. The third-order valence-electron chi connectivity index (χ3n) is 6.27. The number of nitrogen functional groups attached to an aromatic ring is 1. The number of thioether (sulfide) groups is 1. The average Bonchev–Trinajstić information content (AvgIpc) is 3.47.